The number of alkyl halides is 3. The highest BCUT2D eigenvalue weighted by atomic mass is 19.4. The number of rotatable bonds is 5. The Hall–Kier alpha value is -4.50. The minimum atomic E-state index is -4.61. The fourth-order valence-electron chi connectivity index (χ4n) is 5.65. The Morgan fingerprint density at radius 2 is 1.86 bits per heavy atom. The van der Waals surface area contributed by atoms with Crippen LogP contribution >= 0.6 is 0 Å². The molecule has 0 saturated carbocycles. The van der Waals surface area contributed by atoms with E-state index >= 15 is 0 Å². The maximum atomic E-state index is 13.4. The van der Waals surface area contributed by atoms with E-state index in [2.05, 4.69) is 25.7 Å². The predicted molar refractivity (Wildman–Crippen MR) is 149 cm³/mol. The molecule has 1 aromatic carbocycles. The first-order valence-corrected chi connectivity index (χ1v) is 13.9. The number of fused-ring (bicyclic) bond motifs is 1. The van der Waals surface area contributed by atoms with Gasteiger partial charge in [-0.15, -0.1) is 0 Å². The number of nitrogens with one attached hydrogen (secondary N) is 3. The van der Waals surface area contributed by atoms with Crippen molar-refractivity contribution in [1.82, 2.24) is 39.7 Å². The highest BCUT2D eigenvalue weighted by Crippen LogP contribution is 2.36. The molecule has 226 valence electrons. The number of aliphatic hydroxyl groups is 1. The normalized spacial score (nSPS) is 19.6. The molecule has 12 nitrogen and oxygen atoms in total. The summed E-state index contributed by atoms with van der Waals surface area (Å²) in [6.07, 6.45) is 0.689. The van der Waals surface area contributed by atoms with Crippen molar-refractivity contribution >= 4 is 29.0 Å². The summed E-state index contributed by atoms with van der Waals surface area (Å²) in [6, 6.07) is 5.22. The van der Waals surface area contributed by atoms with Crippen LogP contribution in [-0.4, -0.2) is 96.7 Å². The zero-order valence-corrected chi connectivity index (χ0v) is 23.2. The van der Waals surface area contributed by atoms with Crippen molar-refractivity contribution in [2.24, 2.45) is 5.92 Å². The van der Waals surface area contributed by atoms with Crippen molar-refractivity contribution in [3.63, 3.8) is 0 Å². The van der Waals surface area contributed by atoms with E-state index in [-0.39, 0.29) is 23.1 Å². The standard InChI is InChI=1S/C28H30F3N9O3/c1-16-12-17(36-24-25-34-15-21(40(25)7-6-33-24)19-14-35-37-23(19)28(29,30)31)2-3-18(16)26(42)38-8-10-39(11-9-38)27(43)20-13-32-5-4-22(20)41/h2-3,6-7,12,14-15,20,22,32,41H,4-5,8-11,13H2,1H3,(H,33,36)(H,35,37). The number of H-pyrrole nitrogens is 1. The third-order valence-electron chi connectivity index (χ3n) is 7.99. The Bertz CT molecular complexity index is 1660. The highest BCUT2D eigenvalue weighted by molar-refractivity contribution is 5.96. The van der Waals surface area contributed by atoms with Crippen LogP contribution in [0.5, 0.6) is 0 Å². The van der Waals surface area contributed by atoms with Crippen LogP contribution in [0.15, 0.2) is 43.0 Å². The summed E-state index contributed by atoms with van der Waals surface area (Å²) in [7, 11) is 0. The second-order valence-corrected chi connectivity index (χ2v) is 10.7. The summed E-state index contributed by atoms with van der Waals surface area (Å²) in [5.74, 6) is -0.370. The predicted octanol–water partition coefficient (Wildman–Crippen LogP) is 2.45. The number of carbonyl (C=O) groups is 2. The fraction of sp³-hybridized carbons (Fsp3) is 0.393. The van der Waals surface area contributed by atoms with E-state index in [1.165, 1.54) is 23.0 Å². The average molecular weight is 598 g/mol. The number of amides is 2. The van der Waals surface area contributed by atoms with Gasteiger partial charge >= 0.3 is 6.18 Å². The lowest BCUT2D eigenvalue weighted by molar-refractivity contribution is -0.142. The molecule has 0 aliphatic carbocycles. The van der Waals surface area contributed by atoms with Crippen molar-refractivity contribution < 1.29 is 27.9 Å². The lowest BCUT2D eigenvalue weighted by atomic mass is 9.94. The van der Waals surface area contributed by atoms with E-state index < -0.39 is 23.9 Å². The SMILES string of the molecule is Cc1cc(Nc2nccn3c(-c4cn[nH]c4C(F)(F)F)cnc23)ccc1C(=O)N1CCN(C(=O)C2CNCCC2O)CC1. The van der Waals surface area contributed by atoms with Gasteiger partial charge in [-0.1, -0.05) is 0 Å². The van der Waals surface area contributed by atoms with Crippen LogP contribution < -0.4 is 10.6 Å². The molecule has 43 heavy (non-hydrogen) atoms. The largest absolute Gasteiger partial charge is 0.433 e. The Morgan fingerprint density at radius 1 is 1.09 bits per heavy atom. The van der Waals surface area contributed by atoms with Gasteiger partial charge in [0, 0.05) is 56.4 Å². The van der Waals surface area contributed by atoms with E-state index in [9.17, 15) is 27.9 Å². The monoisotopic (exact) mass is 597 g/mol. The van der Waals surface area contributed by atoms with Gasteiger partial charge in [0.05, 0.1) is 35.7 Å². The van der Waals surface area contributed by atoms with Crippen molar-refractivity contribution in [1.29, 1.82) is 0 Å². The number of piperidine rings is 1. The third-order valence-corrected chi connectivity index (χ3v) is 7.99. The van der Waals surface area contributed by atoms with E-state index in [4.69, 9.17) is 0 Å². The summed E-state index contributed by atoms with van der Waals surface area (Å²) < 4.78 is 41.8. The molecular weight excluding hydrogens is 567 g/mol. The lowest BCUT2D eigenvalue weighted by Gasteiger charge is -2.38. The summed E-state index contributed by atoms with van der Waals surface area (Å²) in [5, 5.41) is 22.1. The molecule has 2 aliphatic rings. The number of benzene rings is 1. The molecule has 2 unspecified atom stereocenters. The molecule has 2 atom stereocenters. The number of anilines is 2. The third kappa shape index (κ3) is 5.52. The van der Waals surface area contributed by atoms with Gasteiger partial charge in [-0.05, 0) is 43.7 Å². The van der Waals surface area contributed by atoms with Gasteiger partial charge in [0.2, 0.25) is 5.91 Å². The van der Waals surface area contributed by atoms with Gasteiger partial charge in [0.15, 0.2) is 11.5 Å². The van der Waals surface area contributed by atoms with Crippen LogP contribution in [0.3, 0.4) is 0 Å². The maximum Gasteiger partial charge on any atom is 0.433 e. The zero-order chi connectivity index (χ0) is 30.3. The van der Waals surface area contributed by atoms with Crippen molar-refractivity contribution in [3.8, 4) is 11.3 Å². The van der Waals surface area contributed by atoms with Crippen LogP contribution in [0.1, 0.15) is 28.0 Å². The molecule has 3 aromatic heterocycles. The molecule has 2 saturated heterocycles. The number of halogens is 3. The van der Waals surface area contributed by atoms with E-state index in [1.807, 2.05) is 12.0 Å². The Balaban J connectivity index is 1.14. The maximum absolute atomic E-state index is 13.4. The molecule has 0 radical (unpaired) electrons. The number of hydrogen-bond acceptors (Lipinski definition) is 8. The van der Waals surface area contributed by atoms with Crippen LogP contribution in [0.25, 0.3) is 16.9 Å². The van der Waals surface area contributed by atoms with Crippen molar-refractivity contribution in [2.45, 2.75) is 25.6 Å². The number of aliphatic hydroxyl groups excluding tert-OH is 1. The second kappa shape index (κ2) is 11.3. The lowest BCUT2D eigenvalue weighted by Crippen LogP contribution is -2.55. The topological polar surface area (TPSA) is 144 Å². The quantitative estimate of drug-likeness (QED) is 0.275. The van der Waals surface area contributed by atoms with Gasteiger partial charge in [-0.25, -0.2) is 9.97 Å². The number of aryl methyl sites for hydroxylation is 1. The summed E-state index contributed by atoms with van der Waals surface area (Å²) in [6.45, 7) is 4.54. The number of piperazine rings is 1. The number of aromatic nitrogens is 5. The van der Waals surface area contributed by atoms with Crippen LogP contribution in [0.2, 0.25) is 0 Å². The van der Waals surface area contributed by atoms with Gasteiger partial charge in [0.1, 0.15) is 5.69 Å². The molecular formula is C28H30F3N9O3. The Labute approximate surface area is 243 Å². The minimum absolute atomic E-state index is 0.0859. The molecule has 6 rings (SSSR count). The smallest absolute Gasteiger partial charge is 0.392 e. The number of carbonyl (C=O) groups excluding carboxylic acids is 2. The van der Waals surface area contributed by atoms with Crippen LogP contribution in [0, 0.1) is 12.8 Å². The number of hydrogen-bond donors (Lipinski definition) is 4. The molecule has 2 amide bonds. The van der Waals surface area contributed by atoms with Crippen molar-refractivity contribution in [3.05, 3.63) is 59.8 Å². The van der Waals surface area contributed by atoms with Crippen LogP contribution in [0.4, 0.5) is 24.7 Å². The molecule has 0 spiro atoms. The molecule has 15 heteroatoms. The van der Waals surface area contributed by atoms with Gasteiger partial charge < -0.3 is 25.5 Å². The average Bonchev–Trinajstić information content (AvgIpc) is 3.65. The first kappa shape index (κ1) is 28.6. The summed E-state index contributed by atoms with van der Waals surface area (Å²) in [5.41, 5.74) is 1.27. The van der Waals surface area contributed by atoms with Crippen molar-refractivity contribution in [2.75, 3.05) is 44.6 Å². The number of imidazole rings is 1. The molecule has 0 bridgehead atoms. The molecule has 4 aromatic rings. The first-order valence-electron chi connectivity index (χ1n) is 13.9. The summed E-state index contributed by atoms with van der Waals surface area (Å²) >= 11 is 0. The van der Waals surface area contributed by atoms with Gasteiger partial charge in [-0.3, -0.25) is 19.1 Å². The highest BCUT2D eigenvalue weighted by Gasteiger charge is 2.37. The molecule has 2 fully saturated rings. The van der Waals surface area contributed by atoms with Gasteiger partial charge in [0.25, 0.3) is 5.91 Å². The second-order valence-electron chi connectivity index (χ2n) is 10.7. The fourth-order valence-corrected chi connectivity index (χ4v) is 5.65. The molecule has 2 aliphatic heterocycles. The van der Waals surface area contributed by atoms with Gasteiger partial charge in [-0.2, -0.15) is 18.3 Å². The number of nitrogens with zero attached hydrogens (tertiary/aromatic N) is 6. The Morgan fingerprint density at radius 3 is 2.58 bits per heavy atom. The van der Waals surface area contributed by atoms with E-state index in [0.717, 1.165) is 6.20 Å². The number of aromatic amines is 1. The minimum Gasteiger partial charge on any atom is -0.392 e. The zero-order valence-electron chi connectivity index (χ0n) is 23.2. The molecule has 5 heterocycles. The first-order chi connectivity index (χ1) is 20.6. The molecule has 4 N–H and O–H groups in total. The van der Waals surface area contributed by atoms with E-state index in [0.29, 0.717) is 74.0 Å². The van der Waals surface area contributed by atoms with Crippen LogP contribution in [-0.2, 0) is 11.0 Å². The summed E-state index contributed by atoms with van der Waals surface area (Å²) in [4.78, 5) is 38.3. The van der Waals surface area contributed by atoms with E-state index in [1.54, 1.807) is 28.0 Å². The Kier molecular flexibility index (Phi) is 7.52.